The number of fused-ring (bicyclic) bond motifs is 6. The summed E-state index contributed by atoms with van der Waals surface area (Å²) in [4.78, 5) is 5.38. The standard InChI is InChI=1S/C51H37B5N2O/c52-46-42(47(53)49(55)50(56)48(46)54)28-25-26-33-37(27-28)44(36-20-12-24-41-45(36)35-19-8-11-23-40(35)59-41)31-16-5-4-15-30(31)43(33)32-17-6-7-18-34(32)51-57-38-21-9-10-22-39(38)58(51)29-13-2-1-3-14-29/h1-27H,52-56H2. The molecule has 9 aromatic carbocycles. The van der Waals surface area contributed by atoms with Crippen LogP contribution in [-0.4, -0.2) is 48.8 Å². The number of hydrogen-bond donors (Lipinski definition) is 0. The van der Waals surface area contributed by atoms with Gasteiger partial charge < -0.3 is 4.42 Å². The minimum Gasteiger partial charge on any atom is -0.456 e. The Kier molecular flexibility index (Phi) is 8.13. The zero-order chi connectivity index (χ0) is 39.9. The maximum absolute atomic E-state index is 6.52. The Bertz CT molecular complexity index is 3490. The van der Waals surface area contributed by atoms with Gasteiger partial charge in [-0.3, -0.25) is 4.57 Å². The highest BCUT2D eigenvalue weighted by molar-refractivity contribution is 6.68. The molecule has 2 heterocycles. The van der Waals surface area contributed by atoms with E-state index in [2.05, 4.69) is 208 Å². The molecule has 3 nitrogen and oxygen atoms in total. The zero-order valence-corrected chi connectivity index (χ0v) is 33.9. The summed E-state index contributed by atoms with van der Waals surface area (Å²) >= 11 is 0. The molecule has 0 aliphatic carbocycles. The lowest BCUT2D eigenvalue weighted by Gasteiger charge is -2.23. The van der Waals surface area contributed by atoms with Crippen molar-refractivity contribution in [3.63, 3.8) is 0 Å². The molecule has 0 saturated heterocycles. The van der Waals surface area contributed by atoms with Gasteiger partial charge in [0.25, 0.3) is 0 Å². The van der Waals surface area contributed by atoms with Crippen LogP contribution in [0.2, 0.25) is 0 Å². The summed E-state index contributed by atoms with van der Waals surface area (Å²) in [6.45, 7) is 0. The van der Waals surface area contributed by atoms with Gasteiger partial charge in [0.1, 0.15) is 56.2 Å². The lowest BCUT2D eigenvalue weighted by atomic mass is 9.59. The van der Waals surface area contributed by atoms with Gasteiger partial charge in [-0.15, -0.1) is 16.4 Å². The lowest BCUT2D eigenvalue weighted by Crippen LogP contribution is -2.55. The first kappa shape index (κ1) is 35.3. The Hall–Kier alpha value is -6.91. The molecule has 0 amide bonds. The van der Waals surface area contributed by atoms with Crippen LogP contribution in [0.25, 0.3) is 105 Å². The van der Waals surface area contributed by atoms with Crippen molar-refractivity contribution in [3.8, 4) is 50.5 Å². The van der Waals surface area contributed by atoms with E-state index >= 15 is 0 Å². The molecule has 0 atom stereocenters. The Balaban J connectivity index is 1.30. The van der Waals surface area contributed by atoms with Crippen LogP contribution in [0, 0.1) is 0 Å². The van der Waals surface area contributed by atoms with E-state index in [0.29, 0.717) is 0 Å². The van der Waals surface area contributed by atoms with E-state index in [0.717, 1.165) is 55.6 Å². The second kappa shape index (κ2) is 13.6. The number of nitrogens with zero attached hydrogens (tertiary/aromatic N) is 2. The SMILES string of the molecule is Bc1c(B)c(B)c(-c2ccc3c(-c4ccccc4-c4nc5ccccc5n4-c4ccccc4)c4ccccc4c(-c4cccc5oc6ccccc6c45)c3c2)c(B)c1B. The molecule has 0 unspecified atom stereocenters. The zero-order valence-electron chi connectivity index (χ0n) is 33.9. The van der Waals surface area contributed by atoms with Crippen molar-refractivity contribution in [2.75, 3.05) is 0 Å². The third kappa shape index (κ3) is 5.32. The van der Waals surface area contributed by atoms with Crippen LogP contribution in [0.5, 0.6) is 0 Å². The molecule has 8 heteroatoms. The summed E-state index contributed by atoms with van der Waals surface area (Å²) in [5.74, 6) is 0.914. The van der Waals surface area contributed by atoms with E-state index < -0.39 is 0 Å². The first-order valence-electron chi connectivity index (χ1n) is 20.5. The molecule has 11 aromatic rings. The Morgan fingerprint density at radius 3 is 1.73 bits per heavy atom. The van der Waals surface area contributed by atoms with E-state index in [1.807, 2.05) is 0 Å². The van der Waals surface area contributed by atoms with Gasteiger partial charge in [-0.2, -0.15) is 0 Å². The highest BCUT2D eigenvalue weighted by atomic mass is 16.3. The van der Waals surface area contributed by atoms with Crippen LogP contribution >= 0.6 is 0 Å². The van der Waals surface area contributed by atoms with Crippen molar-refractivity contribution in [3.05, 3.63) is 164 Å². The fourth-order valence-corrected chi connectivity index (χ4v) is 9.77. The third-order valence-electron chi connectivity index (χ3n) is 13.0. The molecule has 272 valence electrons. The number of rotatable bonds is 5. The average Bonchev–Trinajstić information content (AvgIpc) is 3.86. The summed E-state index contributed by atoms with van der Waals surface area (Å²) in [6, 6.07) is 59.0. The second-order valence-electron chi connectivity index (χ2n) is 16.0. The maximum atomic E-state index is 6.52. The van der Waals surface area contributed by atoms with Crippen molar-refractivity contribution < 1.29 is 4.42 Å². The summed E-state index contributed by atoms with van der Waals surface area (Å²) in [7, 11) is 11.4. The molecule has 0 saturated carbocycles. The van der Waals surface area contributed by atoms with Crippen molar-refractivity contribution in [1.82, 2.24) is 9.55 Å². The number of imidazole rings is 1. The highest BCUT2D eigenvalue weighted by Gasteiger charge is 2.25. The first-order valence-corrected chi connectivity index (χ1v) is 20.5. The number of para-hydroxylation sites is 4. The van der Waals surface area contributed by atoms with E-state index in [-0.39, 0.29) is 0 Å². The van der Waals surface area contributed by atoms with Crippen LogP contribution in [-0.2, 0) is 0 Å². The molecule has 0 radical (unpaired) electrons. The predicted octanol–water partition coefficient (Wildman–Crippen LogP) is 5.19. The van der Waals surface area contributed by atoms with Crippen molar-refractivity contribution in [2.45, 2.75) is 0 Å². The van der Waals surface area contributed by atoms with Gasteiger partial charge in [0.2, 0.25) is 0 Å². The minimum absolute atomic E-state index is 0.891. The minimum atomic E-state index is 0.891. The molecule has 0 aliphatic rings. The van der Waals surface area contributed by atoms with Crippen molar-refractivity contribution in [1.29, 1.82) is 0 Å². The van der Waals surface area contributed by atoms with Gasteiger partial charge in [0.05, 0.1) is 11.0 Å². The molecule has 0 aliphatic heterocycles. The topological polar surface area (TPSA) is 31.0 Å². The summed E-state index contributed by atoms with van der Waals surface area (Å²) < 4.78 is 8.83. The van der Waals surface area contributed by atoms with Gasteiger partial charge >= 0.3 is 0 Å². The largest absolute Gasteiger partial charge is 0.456 e. The molecule has 59 heavy (non-hydrogen) atoms. The van der Waals surface area contributed by atoms with Gasteiger partial charge in [0.15, 0.2) is 0 Å². The van der Waals surface area contributed by atoms with Gasteiger partial charge in [-0.1, -0.05) is 132 Å². The third-order valence-corrected chi connectivity index (χ3v) is 13.0. The predicted molar refractivity (Wildman–Crippen MR) is 266 cm³/mol. The van der Waals surface area contributed by atoms with E-state index in [9.17, 15) is 0 Å². The number of benzene rings is 9. The highest BCUT2D eigenvalue weighted by Crippen LogP contribution is 2.49. The summed E-state index contributed by atoms with van der Waals surface area (Å²) in [5, 5.41) is 7.04. The van der Waals surface area contributed by atoms with Crippen LogP contribution in [0.3, 0.4) is 0 Å². The Labute approximate surface area is 347 Å². The average molecular weight is 748 g/mol. The number of furan rings is 1. The number of aromatic nitrogens is 2. The van der Waals surface area contributed by atoms with E-state index in [1.54, 1.807) is 0 Å². The first-order chi connectivity index (χ1) is 28.9. The molecule has 0 fully saturated rings. The van der Waals surface area contributed by atoms with Gasteiger partial charge in [-0.05, 0) is 97.4 Å². The molecule has 0 N–H and O–H groups in total. The molecular weight excluding hydrogens is 711 g/mol. The summed E-state index contributed by atoms with van der Waals surface area (Å²) in [6.07, 6.45) is 0. The van der Waals surface area contributed by atoms with Crippen molar-refractivity contribution in [2.24, 2.45) is 0 Å². The summed E-state index contributed by atoms with van der Waals surface area (Å²) in [5.41, 5.74) is 20.0. The molecule has 11 rings (SSSR count). The number of hydrogen-bond acceptors (Lipinski definition) is 2. The molecule has 0 spiro atoms. The molecular formula is C51H37B5N2O. The monoisotopic (exact) mass is 748 g/mol. The van der Waals surface area contributed by atoms with Crippen molar-refractivity contribution >= 4 is 121 Å². The van der Waals surface area contributed by atoms with Crippen LogP contribution in [0.15, 0.2) is 168 Å². The Morgan fingerprint density at radius 1 is 0.407 bits per heavy atom. The smallest absolute Gasteiger partial charge is 0.146 e. The lowest BCUT2D eigenvalue weighted by molar-refractivity contribution is 0.669. The van der Waals surface area contributed by atoms with Crippen LogP contribution in [0.1, 0.15) is 0 Å². The van der Waals surface area contributed by atoms with Crippen LogP contribution < -0.4 is 27.3 Å². The fraction of sp³-hybridized carbons (Fsp3) is 0. The second-order valence-corrected chi connectivity index (χ2v) is 16.0. The van der Waals surface area contributed by atoms with E-state index in [4.69, 9.17) is 9.40 Å². The Morgan fingerprint density at radius 2 is 0.966 bits per heavy atom. The maximum Gasteiger partial charge on any atom is 0.146 e. The van der Waals surface area contributed by atoms with Gasteiger partial charge in [0, 0.05) is 22.0 Å². The molecule has 0 bridgehead atoms. The quantitative estimate of drug-likeness (QED) is 0.180. The fourth-order valence-electron chi connectivity index (χ4n) is 9.77. The normalized spacial score (nSPS) is 11.7. The molecule has 2 aromatic heterocycles. The van der Waals surface area contributed by atoms with E-state index in [1.165, 1.54) is 76.7 Å². The van der Waals surface area contributed by atoms with Crippen LogP contribution in [0.4, 0.5) is 0 Å². The van der Waals surface area contributed by atoms with Gasteiger partial charge in [-0.25, -0.2) is 4.98 Å².